The van der Waals surface area contributed by atoms with E-state index in [1.54, 1.807) is 6.20 Å². The van der Waals surface area contributed by atoms with Gasteiger partial charge in [0.1, 0.15) is 5.76 Å². The van der Waals surface area contributed by atoms with Crippen LogP contribution in [0.1, 0.15) is 24.3 Å². The van der Waals surface area contributed by atoms with Crippen molar-refractivity contribution in [3.8, 4) is 0 Å². The molecule has 1 amide bonds. The predicted octanol–water partition coefficient (Wildman–Crippen LogP) is 1.89. The quantitative estimate of drug-likeness (QED) is 0.940. The fourth-order valence-corrected chi connectivity index (χ4v) is 3.83. The molecule has 5 nitrogen and oxygen atoms in total. The summed E-state index contributed by atoms with van der Waals surface area (Å²) in [6.45, 7) is 5.31. The summed E-state index contributed by atoms with van der Waals surface area (Å²) in [5, 5.41) is 4.19. The number of rotatable bonds is 3. The number of fused-ring (bicyclic) bond motifs is 3. The third-order valence-corrected chi connectivity index (χ3v) is 4.76. The first kappa shape index (κ1) is 13.8. The van der Waals surface area contributed by atoms with Crippen LogP contribution in [0.3, 0.4) is 0 Å². The zero-order valence-corrected chi connectivity index (χ0v) is 12.8. The maximum absolute atomic E-state index is 12.3. The fraction of sp³-hybridized carbons (Fsp3) is 0.529. The van der Waals surface area contributed by atoms with Gasteiger partial charge < -0.3 is 14.6 Å². The minimum atomic E-state index is 0.0690. The number of aryl methyl sites for hydroxylation is 1. The first-order valence-corrected chi connectivity index (χ1v) is 8.02. The lowest BCUT2D eigenvalue weighted by Crippen LogP contribution is -2.47. The molecule has 0 aliphatic carbocycles. The number of hydrogen-bond acceptors (Lipinski definition) is 4. The van der Waals surface area contributed by atoms with E-state index in [1.165, 1.54) is 19.5 Å². The van der Waals surface area contributed by atoms with Crippen LogP contribution in [0.2, 0.25) is 0 Å². The number of amides is 1. The molecule has 0 spiro atoms. The van der Waals surface area contributed by atoms with Crippen molar-refractivity contribution in [1.29, 1.82) is 0 Å². The van der Waals surface area contributed by atoms with Crippen molar-refractivity contribution in [2.24, 2.45) is 5.92 Å². The van der Waals surface area contributed by atoms with E-state index in [4.69, 9.17) is 4.42 Å². The van der Waals surface area contributed by atoms with Gasteiger partial charge >= 0.3 is 0 Å². The van der Waals surface area contributed by atoms with Gasteiger partial charge in [-0.1, -0.05) is 0 Å². The van der Waals surface area contributed by atoms with Gasteiger partial charge in [0.15, 0.2) is 5.58 Å². The summed E-state index contributed by atoms with van der Waals surface area (Å²) in [7, 11) is 0. The van der Waals surface area contributed by atoms with E-state index < -0.39 is 0 Å². The van der Waals surface area contributed by atoms with E-state index >= 15 is 0 Å². The Bertz CT molecular complexity index is 697. The van der Waals surface area contributed by atoms with Crippen LogP contribution in [0.25, 0.3) is 11.0 Å². The van der Waals surface area contributed by atoms with Crippen molar-refractivity contribution in [3.63, 3.8) is 0 Å². The molecule has 2 aromatic rings. The summed E-state index contributed by atoms with van der Waals surface area (Å²) in [5.74, 6) is 1.70. The molecule has 0 saturated carbocycles. The van der Waals surface area contributed by atoms with Crippen LogP contribution in [0.5, 0.6) is 0 Å². The van der Waals surface area contributed by atoms with Gasteiger partial charge in [-0.15, -0.1) is 0 Å². The van der Waals surface area contributed by atoms with Crippen LogP contribution >= 0.6 is 0 Å². The molecule has 22 heavy (non-hydrogen) atoms. The molecule has 2 saturated heterocycles. The number of nitrogens with one attached hydrogen (secondary N) is 1. The predicted molar refractivity (Wildman–Crippen MR) is 83.5 cm³/mol. The monoisotopic (exact) mass is 299 g/mol. The van der Waals surface area contributed by atoms with Gasteiger partial charge in [-0.3, -0.25) is 9.78 Å². The highest BCUT2D eigenvalue weighted by atomic mass is 16.3. The average Bonchev–Trinajstić information content (AvgIpc) is 2.99. The van der Waals surface area contributed by atoms with Gasteiger partial charge in [0.2, 0.25) is 5.91 Å². The molecule has 2 aliphatic heterocycles. The van der Waals surface area contributed by atoms with Gasteiger partial charge in [-0.05, 0) is 44.4 Å². The second kappa shape index (κ2) is 5.39. The summed E-state index contributed by atoms with van der Waals surface area (Å²) in [5.41, 5.74) is 1.57. The van der Waals surface area contributed by atoms with Gasteiger partial charge in [0.25, 0.3) is 0 Å². The van der Waals surface area contributed by atoms with Crippen LogP contribution in [0.15, 0.2) is 22.7 Å². The molecule has 3 atom stereocenters. The Morgan fingerprint density at radius 3 is 3.23 bits per heavy atom. The molecule has 4 rings (SSSR count). The molecule has 0 aromatic carbocycles. The van der Waals surface area contributed by atoms with E-state index in [2.05, 4.69) is 15.2 Å². The normalized spacial score (nSPS) is 27.2. The summed E-state index contributed by atoms with van der Waals surface area (Å²) in [6, 6.07) is 4.22. The number of piperidine rings is 1. The van der Waals surface area contributed by atoms with Crippen LogP contribution in [-0.2, 0) is 11.2 Å². The van der Waals surface area contributed by atoms with Crippen LogP contribution in [0, 0.1) is 12.8 Å². The lowest BCUT2D eigenvalue weighted by atomic mass is 9.97. The number of aromatic nitrogens is 1. The first-order chi connectivity index (χ1) is 10.7. The fourth-order valence-electron chi connectivity index (χ4n) is 3.83. The molecule has 2 bridgehead atoms. The first-order valence-electron chi connectivity index (χ1n) is 8.02. The maximum atomic E-state index is 12.3. The molecule has 5 heteroatoms. The van der Waals surface area contributed by atoms with E-state index in [-0.39, 0.29) is 5.91 Å². The highest BCUT2D eigenvalue weighted by Crippen LogP contribution is 2.26. The van der Waals surface area contributed by atoms with Crippen LogP contribution < -0.4 is 5.32 Å². The number of pyridine rings is 1. The smallest absolute Gasteiger partial charge is 0.226 e. The van der Waals surface area contributed by atoms with Crippen LogP contribution in [0.4, 0.5) is 0 Å². The largest absolute Gasteiger partial charge is 0.460 e. The Hall–Kier alpha value is -1.88. The van der Waals surface area contributed by atoms with Crippen molar-refractivity contribution in [2.75, 3.05) is 19.6 Å². The zero-order valence-electron chi connectivity index (χ0n) is 12.8. The summed E-state index contributed by atoms with van der Waals surface area (Å²) >= 11 is 0. The Morgan fingerprint density at radius 2 is 2.36 bits per heavy atom. The molecule has 0 radical (unpaired) electrons. The molecular formula is C17H21N3O2. The SMILES string of the molecule is Cc1cc2cc(CC(=O)N[C@@H]3C[C@H]4CCN(C4)C3)ncc2o1. The summed E-state index contributed by atoms with van der Waals surface area (Å²) in [6.07, 6.45) is 4.44. The molecule has 1 N–H and O–H groups in total. The summed E-state index contributed by atoms with van der Waals surface area (Å²) in [4.78, 5) is 19.0. The van der Waals surface area contributed by atoms with Crippen molar-refractivity contribution in [1.82, 2.24) is 15.2 Å². The lowest BCUT2D eigenvalue weighted by molar-refractivity contribution is -0.121. The lowest BCUT2D eigenvalue weighted by Gasteiger charge is -2.30. The van der Waals surface area contributed by atoms with Gasteiger partial charge in [-0.2, -0.15) is 0 Å². The minimum Gasteiger partial charge on any atom is -0.460 e. The molecule has 2 aromatic heterocycles. The van der Waals surface area contributed by atoms with E-state index in [9.17, 15) is 4.79 Å². The van der Waals surface area contributed by atoms with Gasteiger partial charge in [-0.25, -0.2) is 0 Å². The number of carbonyl (C=O) groups is 1. The molecule has 2 fully saturated rings. The van der Waals surface area contributed by atoms with Crippen molar-refractivity contribution < 1.29 is 9.21 Å². The van der Waals surface area contributed by atoms with Crippen LogP contribution in [-0.4, -0.2) is 41.5 Å². The second-order valence-corrected chi connectivity index (χ2v) is 6.66. The van der Waals surface area contributed by atoms with Gasteiger partial charge in [0.05, 0.1) is 18.3 Å². The zero-order chi connectivity index (χ0) is 15.1. The standard InChI is InChI=1S/C17H21N3O2/c1-11-4-13-6-14(18-8-16(13)22-11)7-17(21)19-15-5-12-2-3-20(9-12)10-15/h4,6,8,12,15H,2-3,5,7,9-10H2,1H3,(H,19,21)/t12-,15-/m1/s1. The third kappa shape index (κ3) is 2.73. The average molecular weight is 299 g/mol. The third-order valence-electron chi connectivity index (χ3n) is 4.76. The Kier molecular flexibility index (Phi) is 3.37. The second-order valence-electron chi connectivity index (χ2n) is 6.66. The summed E-state index contributed by atoms with van der Waals surface area (Å²) < 4.78 is 5.51. The van der Waals surface area contributed by atoms with Gasteiger partial charge in [0, 0.05) is 24.5 Å². The number of hydrogen-bond donors (Lipinski definition) is 1. The molecule has 1 unspecified atom stereocenters. The Labute approximate surface area is 129 Å². The highest BCUT2D eigenvalue weighted by molar-refractivity contribution is 5.81. The van der Waals surface area contributed by atoms with Crippen molar-refractivity contribution >= 4 is 16.9 Å². The molecule has 116 valence electrons. The van der Waals surface area contributed by atoms with E-state index in [0.29, 0.717) is 12.5 Å². The Balaban J connectivity index is 1.40. The maximum Gasteiger partial charge on any atom is 0.226 e. The number of nitrogens with zero attached hydrogens (tertiary/aromatic N) is 2. The topological polar surface area (TPSA) is 58.4 Å². The minimum absolute atomic E-state index is 0.0690. The number of carbonyl (C=O) groups excluding carboxylic acids is 1. The van der Waals surface area contributed by atoms with Crippen molar-refractivity contribution in [3.05, 3.63) is 29.8 Å². The van der Waals surface area contributed by atoms with E-state index in [1.807, 2.05) is 19.1 Å². The highest BCUT2D eigenvalue weighted by Gasteiger charge is 2.32. The number of furan rings is 1. The molecule has 2 aliphatic rings. The molecule has 4 heterocycles. The van der Waals surface area contributed by atoms with Crippen molar-refractivity contribution in [2.45, 2.75) is 32.2 Å². The van der Waals surface area contributed by atoms with E-state index in [0.717, 1.165) is 41.3 Å². The Morgan fingerprint density at radius 1 is 1.45 bits per heavy atom. The molecular weight excluding hydrogens is 278 g/mol.